The van der Waals surface area contributed by atoms with E-state index in [-0.39, 0.29) is 22.9 Å². The number of amides is 2. The van der Waals surface area contributed by atoms with Crippen LogP contribution < -0.4 is 16.0 Å². The Morgan fingerprint density at radius 2 is 2.11 bits per heavy atom. The molecule has 0 bridgehead atoms. The molecule has 11 heteroatoms. The Hall–Kier alpha value is -4.20. The summed E-state index contributed by atoms with van der Waals surface area (Å²) in [7, 11) is 1.29. The van der Waals surface area contributed by atoms with Crippen LogP contribution >= 0.6 is 0 Å². The van der Waals surface area contributed by atoms with Crippen molar-refractivity contribution in [3.8, 4) is 6.07 Å². The molecular weight excluding hydrogens is 448 g/mol. The number of hydrogen-bond acceptors (Lipinski definition) is 8. The Bertz CT molecular complexity index is 1240. The minimum Gasteiger partial charge on any atom is -0.453 e. The number of nitrogens with one attached hydrogen (secondary N) is 4. The fourth-order valence-electron chi connectivity index (χ4n) is 3.99. The lowest BCUT2D eigenvalue weighted by Gasteiger charge is -2.29. The van der Waals surface area contributed by atoms with Crippen LogP contribution in [-0.4, -0.2) is 53.1 Å². The van der Waals surface area contributed by atoms with Crippen LogP contribution in [0, 0.1) is 16.7 Å². The van der Waals surface area contributed by atoms with E-state index >= 15 is 0 Å². The van der Waals surface area contributed by atoms with Crippen LogP contribution in [0.3, 0.4) is 0 Å². The molecule has 182 valence electrons. The quantitative estimate of drug-likeness (QED) is 0.528. The highest BCUT2D eigenvalue weighted by atomic mass is 16.5. The highest BCUT2D eigenvalue weighted by Crippen LogP contribution is 2.39. The Morgan fingerprint density at radius 1 is 1.29 bits per heavy atom. The van der Waals surface area contributed by atoms with Crippen LogP contribution in [-0.2, 0) is 4.74 Å². The average Bonchev–Trinajstić information content (AvgIpc) is 3.34. The second-order valence-electron chi connectivity index (χ2n) is 9.33. The normalized spacial score (nSPS) is 18.9. The zero-order valence-electron chi connectivity index (χ0n) is 19.9. The van der Waals surface area contributed by atoms with Gasteiger partial charge in [0.15, 0.2) is 5.82 Å². The molecule has 1 unspecified atom stereocenters. The van der Waals surface area contributed by atoms with Crippen molar-refractivity contribution < 1.29 is 14.3 Å². The van der Waals surface area contributed by atoms with Gasteiger partial charge in [-0.05, 0) is 42.4 Å². The van der Waals surface area contributed by atoms with Crippen molar-refractivity contribution in [2.24, 2.45) is 10.4 Å². The van der Waals surface area contributed by atoms with Gasteiger partial charge in [-0.25, -0.2) is 9.78 Å². The zero-order valence-corrected chi connectivity index (χ0v) is 19.9. The molecule has 0 aromatic carbocycles. The van der Waals surface area contributed by atoms with Gasteiger partial charge < -0.3 is 20.4 Å². The number of allylic oxidation sites excluding steroid dienone is 2. The van der Waals surface area contributed by atoms with Crippen molar-refractivity contribution in [3.63, 3.8) is 0 Å². The van der Waals surface area contributed by atoms with Gasteiger partial charge in [0.2, 0.25) is 5.96 Å². The SMILES string of the molecule is COC(=O)NC1=NCC(c2ccc(NC(=O)c3ncc(C#N)[nH]3)c(C3=CCC(C)(C)CC3)n2)CN1. The first-order chi connectivity index (χ1) is 16.8. The number of imidazole rings is 1. The summed E-state index contributed by atoms with van der Waals surface area (Å²) in [6, 6.07) is 5.65. The molecule has 2 aromatic heterocycles. The summed E-state index contributed by atoms with van der Waals surface area (Å²) in [6.07, 6.45) is 5.72. The number of alkyl carbamates (subject to hydrolysis) is 1. The number of methoxy groups -OCH3 is 1. The van der Waals surface area contributed by atoms with Crippen LogP contribution in [0.4, 0.5) is 10.5 Å². The van der Waals surface area contributed by atoms with Crippen LogP contribution in [0.2, 0.25) is 0 Å². The van der Waals surface area contributed by atoms with E-state index in [1.165, 1.54) is 13.3 Å². The van der Waals surface area contributed by atoms with E-state index in [2.05, 4.69) is 55.6 Å². The third-order valence-electron chi connectivity index (χ3n) is 6.16. The Labute approximate surface area is 203 Å². The monoisotopic (exact) mass is 476 g/mol. The van der Waals surface area contributed by atoms with Crippen LogP contribution in [0.25, 0.3) is 5.57 Å². The number of aromatic amines is 1. The molecule has 1 atom stereocenters. The number of ether oxygens (including phenoxy) is 1. The van der Waals surface area contributed by atoms with Crippen molar-refractivity contribution in [1.29, 1.82) is 5.26 Å². The number of carbonyl (C=O) groups is 2. The number of pyridine rings is 1. The predicted octanol–water partition coefficient (Wildman–Crippen LogP) is 2.92. The molecule has 2 aliphatic rings. The van der Waals surface area contributed by atoms with Crippen LogP contribution in [0.5, 0.6) is 0 Å². The molecule has 3 heterocycles. The number of aromatic nitrogens is 3. The molecule has 11 nitrogen and oxygen atoms in total. The van der Waals surface area contributed by atoms with Crippen molar-refractivity contribution in [2.45, 2.75) is 39.0 Å². The number of hydrogen-bond donors (Lipinski definition) is 4. The summed E-state index contributed by atoms with van der Waals surface area (Å²) in [5.74, 6) is -0.0245. The number of aliphatic imine (C=N–C) groups is 1. The van der Waals surface area contributed by atoms with Gasteiger partial charge in [-0.1, -0.05) is 19.9 Å². The fourth-order valence-corrected chi connectivity index (χ4v) is 3.99. The fraction of sp³-hybridized carbons (Fsp3) is 0.417. The summed E-state index contributed by atoms with van der Waals surface area (Å²) >= 11 is 0. The number of H-pyrrole nitrogens is 1. The van der Waals surface area contributed by atoms with E-state index < -0.39 is 12.0 Å². The van der Waals surface area contributed by atoms with Crippen molar-refractivity contribution >= 4 is 29.2 Å². The number of carbonyl (C=O) groups excluding carboxylic acids is 2. The average molecular weight is 477 g/mol. The first kappa shape index (κ1) is 23.9. The molecule has 2 aromatic rings. The Kier molecular flexibility index (Phi) is 6.82. The summed E-state index contributed by atoms with van der Waals surface area (Å²) in [5.41, 5.74) is 3.66. The molecule has 0 radical (unpaired) electrons. The number of rotatable bonds is 4. The molecule has 1 aliphatic carbocycles. The lowest BCUT2D eigenvalue weighted by molar-refractivity contribution is 0.101. The second-order valence-corrected chi connectivity index (χ2v) is 9.33. The van der Waals surface area contributed by atoms with E-state index in [0.717, 1.165) is 36.2 Å². The highest BCUT2D eigenvalue weighted by Gasteiger charge is 2.26. The largest absolute Gasteiger partial charge is 0.453 e. The molecule has 35 heavy (non-hydrogen) atoms. The molecular formula is C24H28N8O3. The van der Waals surface area contributed by atoms with Gasteiger partial charge in [-0.15, -0.1) is 0 Å². The van der Waals surface area contributed by atoms with Gasteiger partial charge in [-0.2, -0.15) is 5.26 Å². The highest BCUT2D eigenvalue weighted by molar-refractivity contribution is 6.03. The first-order valence-electron chi connectivity index (χ1n) is 11.4. The van der Waals surface area contributed by atoms with E-state index in [1.807, 2.05) is 18.2 Å². The molecule has 2 amide bonds. The maximum atomic E-state index is 12.8. The van der Waals surface area contributed by atoms with E-state index in [0.29, 0.717) is 24.7 Å². The number of guanidine groups is 1. The topological polar surface area (TPSA) is 157 Å². The third kappa shape index (κ3) is 5.66. The van der Waals surface area contributed by atoms with Gasteiger partial charge in [0.25, 0.3) is 5.91 Å². The summed E-state index contributed by atoms with van der Waals surface area (Å²) in [5, 5.41) is 17.5. The number of anilines is 1. The van der Waals surface area contributed by atoms with Gasteiger partial charge in [0.1, 0.15) is 11.8 Å². The maximum absolute atomic E-state index is 12.8. The lowest BCUT2D eigenvalue weighted by atomic mass is 9.77. The molecule has 0 spiro atoms. The van der Waals surface area contributed by atoms with Crippen LogP contribution in [0.1, 0.15) is 66.7 Å². The molecule has 1 aliphatic heterocycles. The second kappa shape index (κ2) is 9.97. The minimum absolute atomic E-state index is 0.00871. The summed E-state index contributed by atoms with van der Waals surface area (Å²) in [6.45, 7) is 5.46. The minimum atomic E-state index is -0.583. The standard InChI is InChI=1S/C24H28N8O3/c1-24(2)8-6-14(7-9-24)19-18(31-21(33)20-26-13-16(10-25)29-20)5-4-17(30-19)15-11-27-22(28-12-15)32-23(34)35-3/h4-6,13,15H,7-9,11-12H2,1-3H3,(H,26,29)(H,31,33)(H2,27,28,32,34). The van der Waals surface area contributed by atoms with Crippen LogP contribution in [0.15, 0.2) is 29.4 Å². The predicted molar refractivity (Wildman–Crippen MR) is 130 cm³/mol. The molecule has 0 fully saturated rings. The van der Waals surface area contributed by atoms with Gasteiger partial charge in [0.05, 0.1) is 31.2 Å². The summed E-state index contributed by atoms with van der Waals surface area (Å²) < 4.78 is 4.60. The third-order valence-corrected chi connectivity index (χ3v) is 6.16. The van der Waals surface area contributed by atoms with Gasteiger partial charge >= 0.3 is 6.09 Å². The molecule has 4 N–H and O–H groups in total. The zero-order chi connectivity index (χ0) is 25.0. The van der Waals surface area contributed by atoms with Gasteiger partial charge in [-0.3, -0.25) is 20.1 Å². The Balaban J connectivity index is 1.60. The van der Waals surface area contributed by atoms with Crippen molar-refractivity contribution in [1.82, 2.24) is 25.6 Å². The smallest absolute Gasteiger partial charge is 0.413 e. The van der Waals surface area contributed by atoms with E-state index in [9.17, 15) is 9.59 Å². The first-order valence-corrected chi connectivity index (χ1v) is 11.4. The molecule has 4 rings (SSSR count). The number of nitrogens with zero attached hydrogens (tertiary/aromatic N) is 4. The summed E-state index contributed by atoms with van der Waals surface area (Å²) in [4.78, 5) is 40.2. The van der Waals surface area contributed by atoms with E-state index in [1.54, 1.807) is 0 Å². The Morgan fingerprint density at radius 3 is 2.74 bits per heavy atom. The molecule has 0 saturated heterocycles. The van der Waals surface area contributed by atoms with E-state index in [4.69, 9.17) is 10.2 Å². The van der Waals surface area contributed by atoms with Gasteiger partial charge in [0, 0.05) is 18.2 Å². The maximum Gasteiger partial charge on any atom is 0.413 e. The van der Waals surface area contributed by atoms with Crippen molar-refractivity contribution in [2.75, 3.05) is 25.5 Å². The number of nitriles is 1. The lowest BCUT2D eigenvalue weighted by Crippen LogP contribution is -2.45. The molecule has 0 saturated carbocycles. The van der Waals surface area contributed by atoms with Crippen molar-refractivity contribution in [3.05, 3.63) is 47.3 Å².